The summed E-state index contributed by atoms with van der Waals surface area (Å²) in [4.78, 5) is 28.0. The van der Waals surface area contributed by atoms with E-state index in [0.29, 0.717) is 48.6 Å². The number of benzene rings is 1. The van der Waals surface area contributed by atoms with E-state index in [2.05, 4.69) is 10.4 Å². The van der Waals surface area contributed by atoms with Crippen LogP contribution in [0.5, 0.6) is 0 Å². The lowest BCUT2D eigenvalue weighted by molar-refractivity contribution is -0.114. The van der Waals surface area contributed by atoms with E-state index in [1.807, 2.05) is 11.0 Å². The van der Waals surface area contributed by atoms with Gasteiger partial charge in [-0.15, -0.1) is 0 Å². The molecule has 3 aromatic rings. The van der Waals surface area contributed by atoms with Crippen molar-refractivity contribution in [2.45, 2.75) is 6.92 Å². The normalized spacial score (nSPS) is 14.4. The molecule has 2 amide bonds. The van der Waals surface area contributed by atoms with Crippen LogP contribution in [0.1, 0.15) is 17.3 Å². The van der Waals surface area contributed by atoms with Gasteiger partial charge in [-0.3, -0.25) is 9.59 Å². The zero-order valence-corrected chi connectivity index (χ0v) is 15.4. The second kappa shape index (κ2) is 7.30. The molecule has 1 N–H and O–H groups in total. The molecule has 0 atom stereocenters. The number of halogens is 1. The molecule has 8 heteroatoms. The third-order valence-electron chi connectivity index (χ3n) is 4.83. The van der Waals surface area contributed by atoms with E-state index in [-0.39, 0.29) is 17.6 Å². The summed E-state index contributed by atoms with van der Waals surface area (Å²) < 4.78 is 15.6. The zero-order chi connectivity index (χ0) is 19.7. The highest BCUT2D eigenvalue weighted by molar-refractivity contribution is 6.01. The summed E-state index contributed by atoms with van der Waals surface area (Å²) in [6, 6.07) is 10.1. The number of piperazine rings is 1. The Labute approximate surface area is 161 Å². The van der Waals surface area contributed by atoms with Crippen molar-refractivity contribution in [1.29, 1.82) is 0 Å². The molecule has 7 nitrogen and oxygen atoms in total. The number of hydrogen-bond acceptors (Lipinski definition) is 4. The minimum absolute atomic E-state index is 0.122. The lowest BCUT2D eigenvalue weighted by Crippen LogP contribution is -2.49. The number of rotatable bonds is 3. The third kappa shape index (κ3) is 3.40. The number of aromatic nitrogens is 2. The second-order valence-electron chi connectivity index (χ2n) is 6.72. The van der Waals surface area contributed by atoms with Crippen molar-refractivity contribution >= 4 is 28.7 Å². The molecule has 28 heavy (non-hydrogen) atoms. The Kier molecular flexibility index (Phi) is 4.68. The molecule has 1 aromatic carbocycles. The van der Waals surface area contributed by atoms with Crippen LogP contribution in [0.2, 0.25) is 0 Å². The molecule has 4 rings (SSSR count). The molecular weight excluding hydrogens is 361 g/mol. The summed E-state index contributed by atoms with van der Waals surface area (Å²) in [5.74, 6) is -0.556. The monoisotopic (exact) mass is 381 g/mol. The lowest BCUT2D eigenvalue weighted by atomic mass is 10.2. The number of nitrogens with zero attached hydrogens (tertiary/aromatic N) is 4. The van der Waals surface area contributed by atoms with Gasteiger partial charge in [-0.25, -0.2) is 8.91 Å². The van der Waals surface area contributed by atoms with E-state index in [1.165, 1.54) is 13.0 Å². The molecule has 3 heterocycles. The number of pyridine rings is 1. The van der Waals surface area contributed by atoms with E-state index in [1.54, 1.807) is 46.1 Å². The predicted molar refractivity (Wildman–Crippen MR) is 104 cm³/mol. The molecule has 0 aliphatic carbocycles. The average Bonchev–Trinajstić information content (AvgIpc) is 3.11. The molecule has 0 spiro atoms. The van der Waals surface area contributed by atoms with Crippen molar-refractivity contribution in [3.63, 3.8) is 0 Å². The van der Waals surface area contributed by atoms with Crippen molar-refractivity contribution in [2.75, 3.05) is 36.4 Å². The van der Waals surface area contributed by atoms with E-state index in [0.717, 1.165) is 0 Å². The third-order valence-corrected chi connectivity index (χ3v) is 4.83. The molecule has 0 radical (unpaired) electrons. The Morgan fingerprint density at radius 2 is 1.86 bits per heavy atom. The van der Waals surface area contributed by atoms with Crippen LogP contribution in [0.3, 0.4) is 0 Å². The number of carbonyl (C=O) groups excluding carboxylic acids is 2. The zero-order valence-electron chi connectivity index (χ0n) is 15.4. The second-order valence-corrected chi connectivity index (χ2v) is 6.72. The minimum atomic E-state index is -0.254. The van der Waals surface area contributed by atoms with Gasteiger partial charge in [-0.1, -0.05) is 12.1 Å². The number of anilines is 2. The first kappa shape index (κ1) is 18.0. The Balaban J connectivity index is 1.51. The Bertz CT molecular complexity index is 1040. The van der Waals surface area contributed by atoms with Crippen molar-refractivity contribution in [3.05, 3.63) is 60.2 Å². The van der Waals surface area contributed by atoms with Gasteiger partial charge in [0.25, 0.3) is 5.91 Å². The molecule has 1 fully saturated rings. The fraction of sp³-hybridized carbons (Fsp3) is 0.250. The van der Waals surface area contributed by atoms with Crippen LogP contribution in [0, 0.1) is 5.82 Å². The minimum Gasteiger partial charge on any atom is -0.366 e. The largest absolute Gasteiger partial charge is 0.366 e. The summed E-state index contributed by atoms with van der Waals surface area (Å²) in [6.45, 7) is 3.54. The van der Waals surface area contributed by atoms with Crippen molar-refractivity contribution < 1.29 is 14.0 Å². The Morgan fingerprint density at radius 1 is 1.11 bits per heavy atom. The number of fused-ring (bicyclic) bond motifs is 1. The van der Waals surface area contributed by atoms with Crippen LogP contribution in [0.4, 0.5) is 15.8 Å². The molecule has 1 aliphatic heterocycles. The van der Waals surface area contributed by atoms with Gasteiger partial charge in [0.05, 0.1) is 23.0 Å². The Hall–Kier alpha value is -3.42. The van der Waals surface area contributed by atoms with E-state index in [4.69, 9.17) is 0 Å². The van der Waals surface area contributed by atoms with Gasteiger partial charge >= 0.3 is 0 Å². The molecule has 1 saturated heterocycles. The summed E-state index contributed by atoms with van der Waals surface area (Å²) in [7, 11) is 0. The van der Waals surface area contributed by atoms with Gasteiger partial charge in [0.2, 0.25) is 5.91 Å². The van der Waals surface area contributed by atoms with Crippen molar-refractivity contribution in [3.8, 4) is 0 Å². The van der Waals surface area contributed by atoms with E-state index >= 15 is 0 Å². The standard InChI is InChI=1S/C20H20FN5O2/c1-14(27)23-15-6-7-26-19(12-15)16(13-22-26)20(28)25-10-8-24(9-11-25)18-5-3-2-4-17(18)21/h2-7,12-13H,8-11H2,1H3,(H,23,27). The van der Waals surface area contributed by atoms with Crippen LogP contribution in [0.25, 0.3) is 5.52 Å². The molecular formula is C20H20FN5O2. The summed E-state index contributed by atoms with van der Waals surface area (Å²) in [6.07, 6.45) is 3.24. The first-order chi connectivity index (χ1) is 13.5. The number of amides is 2. The fourth-order valence-electron chi connectivity index (χ4n) is 3.46. The summed E-state index contributed by atoms with van der Waals surface area (Å²) in [5.41, 5.74) is 2.28. The van der Waals surface area contributed by atoms with Gasteiger partial charge < -0.3 is 15.1 Å². The number of nitrogens with one attached hydrogen (secondary N) is 1. The predicted octanol–water partition coefficient (Wildman–Crippen LogP) is 2.39. The van der Waals surface area contributed by atoms with Crippen LogP contribution in [0.15, 0.2) is 48.8 Å². The number of carbonyl (C=O) groups is 2. The molecule has 1 aliphatic rings. The van der Waals surface area contributed by atoms with Crippen LogP contribution in [-0.4, -0.2) is 52.5 Å². The molecule has 0 saturated carbocycles. The van der Waals surface area contributed by atoms with Crippen LogP contribution < -0.4 is 10.2 Å². The SMILES string of the molecule is CC(=O)Nc1ccn2ncc(C(=O)N3CCN(c4ccccc4F)CC3)c2c1. The highest BCUT2D eigenvalue weighted by Gasteiger charge is 2.25. The highest BCUT2D eigenvalue weighted by Crippen LogP contribution is 2.22. The van der Waals surface area contributed by atoms with Gasteiger partial charge in [0, 0.05) is 45.0 Å². The topological polar surface area (TPSA) is 70.0 Å². The van der Waals surface area contributed by atoms with Gasteiger partial charge in [-0.2, -0.15) is 5.10 Å². The van der Waals surface area contributed by atoms with E-state index in [9.17, 15) is 14.0 Å². The molecule has 0 bridgehead atoms. The smallest absolute Gasteiger partial charge is 0.257 e. The molecule has 0 unspecified atom stereocenters. The first-order valence-corrected chi connectivity index (χ1v) is 9.06. The summed E-state index contributed by atoms with van der Waals surface area (Å²) >= 11 is 0. The lowest BCUT2D eigenvalue weighted by Gasteiger charge is -2.36. The van der Waals surface area contributed by atoms with Gasteiger partial charge in [0.15, 0.2) is 0 Å². The van der Waals surface area contributed by atoms with E-state index < -0.39 is 0 Å². The summed E-state index contributed by atoms with van der Waals surface area (Å²) in [5, 5.41) is 6.94. The number of hydrogen-bond donors (Lipinski definition) is 1. The van der Waals surface area contributed by atoms with Gasteiger partial charge in [-0.05, 0) is 24.3 Å². The van der Waals surface area contributed by atoms with Crippen LogP contribution >= 0.6 is 0 Å². The fourth-order valence-corrected chi connectivity index (χ4v) is 3.46. The van der Waals surface area contributed by atoms with Crippen LogP contribution in [-0.2, 0) is 4.79 Å². The molecule has 144 valence electrons. The maximum absolute atomic E-state index is 14.0. The average molecular weight is 381 g/mol. The Morgan fingerprint density at radius 3 is 2.57 bits per heavy atom. The quantitative estimate of drug-likeness (QED) is 0.756. The maximum Gasteiger partial charge on any atom is 0.257 e. The first-order valence-electron chi connectivity index (χ1n) is 9.06. The van der Waals surface area contributed by atoms with Crippen molar-refractivity contribution in [2.24, 2.45) is 0 Å². The van der Waals surface area contributed by atoms with Crippen molar-refractivity contribution in [1.82, 2.24) is 14.5 Å². The molecule has 2 aromatic heterocycles. The maximum atomic E-state index is 14.0. The van der Waals surface area contributed by atoms with Gasteiger partial charge in [0.1, 0.15) is 5.82 Å². The highest BCUT2D eigenvalue weighted by atomic mass is 19.1. The number of para-hydroxylation sites is 1.